The molecule has 0 unspecified atom stereocenters. The van der Waals surface area contributed by atoms with Gasteiger partial charge in [-0.1, -0.05) is 135 Å². The van der Waals surface area contributed by atoms with Crippen LogP contribution in [0, 0.1) is 0 Å². The first kappa shape index (κ1) is 58.7. The van der Waals surface area contributed by atoms with E-state index in [0.29, 0.717) is 45.5 Å². The molecule has 8 rings (SSSR count). The van der Waals surface area contributed by atoms with E-state index in [1.54, 1.807) is 21.5 Å². The molecule has 6 aromatic rings. The van der Waals surface area contributed by atoms with Crippen LogP contribution < -0.4 is 9.47 Å². The standard InChI is InChI=1S/2C25H25N3O5S3.C2H4O2/c2*1-2-3-13-33-21-11-7-8-18(15-21)23-19(17-28(26-23)20-9-5-4-6-10-20)16-22-24(29)27(25(34)35-22)12-14-36(30,31)32;1-2(3)4/h2*4-11,15-17H,2-3,12-14H2,1H3,(H,30,31,32);1H3,(H,3,4)/b2*22-16-;. The van der Waals surface area contributed by atoms with E-state index >= 15 is 0 Å². The molecule has 400 valence electrons. The lowest BCUT2D eigenvalue weighted by Gasteiger charge is -2.12. The number of ether oxygens (including phenoxy) is 2. The maximum Gasteiger partial charge on any atom is 0.300 e. The zero-order valence-electron chi connectivity index (χ0n) is 41.4. The molecule has 3 N–H and O–H groups in total. The highest BCUT2D eigenvalue weighted by Gasteiger charge is 2.34. The Hall–Kier alpha value is -6.51. The van der Waals surface area contributed by atoms with Crippen molar-refractivity contribution in [3.63, 3.8) is 0 Å². The molecule has 2 aromatic heterocycles. The Labute approximate surface area is 460 Å². The molecule has 24 heteroatoms. The normalized spacial score (nSPS) is 14.7. The number of hydrogen-bond acceptors (Lipinski definition) is 15. The molecule has 2 aliphatic heterocycles. The van der Waals surface area contributed by atoms with E-state index in [1.165, 1.54) is 9.80 Å². The number of aliphatic carboxylic acids is 1. The summed E-state index contributed by atoms with van der Waals surface area (Å²) in [4.78, 5) is 38.0. The number of rotatable bonds is 20. The lowest BCUT2D eigenvalue weighted by molar-refractivity contribution is -0.134. The van der Waals surface area contributed by atoms with Crippen molar-refractivity contribution in [1.29, 1.82) is 0 Å². The Balaban J connectivity index is 0.000000230. The van der Waals surface area contributed by atoms with E-state index < -0.39 is 49.5 Å². The summed E-state index contributed by atoms with van der Waals surface area (Å²) in [6, 6.07) is 34.5. The average molecular weight is 1150 g/mol. The third kappa shape index (κ3) is 17.3. The lowest BCUT2D eigenvalue weighted by atomic mass is 10.1. The predicted molar refractivity (Wildman–Crippen MR) is 305 cm³/mol. The van der Waals surface area contributed by atoms with Crippen molar-refractivity contribution in [2.75, 3.05) is 37.8 Å². The minimum atomic E-state index is -4.23. The molecule has 76 heavy (non-hydrogen) atoms. The fourth-order valence-electron chi connectivity index (χ4n) is 7.08. The van der Waals surface area contributed by atoms with Crippen LogP contribution in [-0.2, 0) is 34.6 Å². The highest BCUT2D eigenvalue weighted by molar-refractivity contribution is 8.27. The fraction of sp³-hybridized carbons (Fsp3) is 0.250. The largest absolute Gasteiger partial charge is 0.494 e. The summed E-state index contributed by atoms with van der Waals surface area (Å²) >= 11 is 12.7. The van der Waals surface area contributed by atoms with E-state index in [2.05, 4.69) is 13.8 Å². The van der Waals surface area contributed by atoms with Gasteiger partial charge in [0.05, 0.1) is 45.9 Å². The van der Waals surface area contributed by atoms with Gasteiger partial charge in [0.25, 0.3) is 38.0 Å². The van der Waals surface area contributed by atoms with E-state index in [1.807, 2.05) is 122 Å². The minimum absolute atomic E-state index is 0.214. The Morgan fingerprint density at radius 1 is 0.618 bits per heavy atom. The molecular weight excluding hydrogens is 1090 g/mol. The molecule has 0 bridgehead atoms. The highest BCUT2D eigenvalue weighted by Crippen LogP contribution is 2.37. The molecule has 0 saturated carbocycles. The van der Waals surface area contributed by atoms with Crippen molar-refractivity contribution in [2.45, 2.75) is 46.5 Å². The quantitative estimate of drug-likeness (QED) is 0.0279. The van der Waals surface area contributed by atoms with Crippen molar-refractivity contribution >= 4 is 107 Å². The Morgan fingerprint density at radius 3 is 1.33 bits per heavy atom. The van der Waals surface area contributed by atoms with Crippen LogP contribution >= 0.6 is 48.0 Å². The zero-order chi connectivity index (χ0) is 55.0. The molecule has 18 nitrogen and oxygen atoms in total. The molecule has 2 saturated heterocycles. The number of carbonyl (C=O) groups is 3. The SMILES string of the molecule is CC(=O)O.CCCCOc1cccc(-c2nn(-c3ccccc3)cc2/C=C2\SC(=S)N(CCS(=O)(=O)O)C2=O)c1.CCCCOc1cccc(-c2nn(-c3ccccc3)cc2/C=C2\SC(=S)N(CCS(=O)(=O)O)C2=O)c1. The molecule has 2 aliphatic rings. The number of aromatic nitrogens is 4. The number of hydrogen-bond donors (Lipinski definition) is 3. The molecule has 0 aliphatic carbocycles. The van der Waals surface area contributed by atoms with E-state index in [4.69, 9.17) is 63.1 Å². The van der Waals surface area contributed by atoms with Crippen LogP contribution in [0.25, 0.3) is 46.0 Å². The highest BCUT2D eigenvalue weighted by atomic mass is 32.2. The molecule has 0 atom stereocenters. The number of benzene rings is 4. The van der Waals surface area contributed by atoms with E-state index in [9.17, 15) is 26.4 Å². The summed E-state index contributed by atoms with van der Waals surface area (Å²) in [6.07, 6.45) is 11.1. The van der Waals surface area contributed by atoms with Crippen molar-refractivity contribution in [3.8, 4) is 45.4 Å². The number of para-hydroxylation sites is 2. The number of nitrogens with zero attached hydrogens (tertiary/aromatic N) is 6. The first-order valence-corrected chi connectivity index (χ1v) is 29.3. The molecule has 4 heterocycles. The Kier molecular flexibility index (Phi) is 21.3. The van der Waals surface area contributed by atoms with Crippen molar-refractivity contribution in [3.05, 3.63) is 143 Å². The molecule has 2 fully saturated rings. The Bertz CT molecular complexity index is 3130. The van der Waals surface area contributed by atoms with Gasteiger partial charge in [0, 0.05) is 54.7 Å². The second-order valence-electron chi connectivity index (χ2n) is 16.6. The fourth-order valence-corrected chi connectivity index (χ4v) is 10.5. The van der Waals surface area contributed by atoms with Crippen molar-refractivity contribution < 1.29 is 54.9 Å². The average Bonchev–Trinajstić information content (AvgIpc) is 4.15. The minimum Gasteiger partial charge on any atom is -0.494 e. The van der Waals surface area contributed by atoms with Crippen LogP contribution in [0.5, 0.6) is 11.5 Å². The van der Waals surface area contributed by atoms with E-state index in [-0.39, 0.29) is 21.7 Å². The van der Waals surface area contributed by atoms with Gasteiger partial charge >= 0.3 is 0 Å². The second-order valence-corrected chi connectivity index (χ2v) is 23.1. The monoisotopic (exact) mass is 1150 g/mol. The summed E-state index contributed by atoms with van der Waals surface area (Å²) in [7, 11) is -8.45. The zero-order valence-corrected chi connectivity index (χ0v) is 46.3. The number of thiocarbonyl (C=S) groups is 2. The summed E-state index contributed by atoms with van der Waals surface area (Å²) < 4.78 is 78.4. The molecule has 2 amide bonds. The first-order valence-electron chi connectivity index (χ1n) is 23.6. The van der Waals surface area contributed by atoms with Gasteiger partial charge in [-0.15, -0.1) is 0 Å². The van der Waals surface area contributed by atoms with E-state index in [0.717, 1.165) is 90.1 Å². The van der Waals surface area contributed by atoms with Gasteiger partial charge in [-0.25, -0.2) is 9.36 Å². The second kappa shape index (κ2) is 27.5. The predicted octanol–water partition coefficient (Wildman–Crippen LogP) is 9.71. The maximum absolute atomic E-state index is 13.0. The first-order chi connectivity index (χ1) is 36.2. The summed E-state index contributed by atoms with van der Waals surface area (Å²) in [5, 5.41) is 17.0. The van der Waals surface area contributed by atoms with Crippen LogP contribution in [0.15, 0.2) is 131 Å². The van der Waals surface area contributed by atoms with Crippen molar-refractivity contribution in [2.24, 2.45) is 0 Å². The third-order valence-corrected chi connectivity index (χ3v) is 14.9. The van der Waals surface area contributed by atoms with Gasteiger partial charge in [-0.2, -0.15) is 27.0 Å². The Morgan fingerprint density at radius 2 is 0.987 bits per heavy atom. The third-order valence-electron chi connectivity index (χ3n) is 10.7. The van der Waals surface area contributed by atoms with Crippen LogP contribution in [0.3, 0.4) is 0 Å². The van der Waals surface area contributed by atoms with Gasteiger partial charge in [0.2, 0.25) is 0 Å². The molecule has 4 aromatic carbocycles. The number of carboxylic acid groups (broad SMARTS) is 1. The van der Waals surface area contributed by atoms with Crippen molar-refractivity contribution in [1.82, 2.24) is 29.4 Å². The van der Waals surface area contributed by atoms with Gasteiger partial charge in [0.15, 0.2) is 0 Å². The number of unbranched alkanes of at least 4 members (excludes halogenated alkanes) is 2. The molecule has 0 spiro atoms. The summed E-state index contributed by atoms with van der Waals surface area (Å²) in [6.45, 7) is 6.11. The summed E-state index contributed by atoms with van der Waals surface area (Å²) in [5.41, 5.74) is 6.06. The van der Waals surface area contributed by atoms with Crippen LogP contribution in [0.1, 0.15) is 57.6 Å². The number of carboxylic acids is 1. The summed E-state index contributed by atoms with van der Waals surface area (Å²) in [5.74, 6) is -1.37. The maximum atomic E-state index is 13.0. The molecule has 0 radical (unpaired) electrons. The van der Waals surface area contributed by atoms with Gasteiger partial charge < -0.3 is 14.6 Å². The van der Waals surface area contributed by atoms with Crippen LogP contribution in [0.2, 0.25) is 0 Å². The van der Waals surface area contributed by atoms with Crippen LogP contribution in [-0.4, -0.2) is 125 Å². The van der Waals surface area contributed by atoms with Gasteiger partial charge in [-0.3, -0.25) is 33.3 Å². The van der Waals surface area contributed by atoms with Gasteiger partial charge in [0.1, 0.15) is 31.5 Å². The molecular formula is C52H54N6O12S6. The van der Waals surface area contributed by atoms with Gasteiger partial charge in [-0.05, 0) is 73.5 Å². The number of thioether (sulfide) groups is 2. The van der Waals surface area contributed by atoms with Crippen LogP contribution in [0.4, 0.5) is 0 Å². The number of carbonyl (C=O) groups excluding carboxylic acids is 2. The smallest absolute Gasteiger partial charge is 0.300 e. The lowest BCUT2D eigenvalue weighted by Crippen LogP contribution is -2.32. The topological polar surface area (TPSA) is 241 Å². The number of amides is 2.